The van der Waals surface area contributed by atoms with E-state index in [9.17, 15) is 22.4 Å². The second kappa shape index (κ2) is 8.05. The Morgan fingerprint density at radius 1 is 1.19 bits per heavy atom. The van der Waals surface area contributed by atoms with Crippen LogP contribution < -0.4 is 20.1 Å². The maximum atomic E-state index is 13.5. The van der Waals surface area contributed by atoms with Crippen molar-refractivity contribution < 1.29 is 31.8 Å². The van der Waals surface area contributed by atoms with E-state index in [1.54, 1.807) is 12.1 Å². The average molecular weight is 514 g/mol. The molecular formula is C24H18F4N6O3. The van der Waals surface area contributed by atoms with E-state index in [4.69, 9.17) is 9.47 Å². The van der Waals surface area contributed by atoms with Crippen molar-refractivity contribution >= 4 is 22.9 Å². The molecule has 0 radical (unpaired) electrons. The molecule has 190 valence electrons. The van der Waals surface area contributed by atoms with Gasteiger partial charge in [0.15, 0.2) is 5.65 Å². The van der Waals surface area contributed by atoms with Gasteiger partial charge < -0.3 is 25.1 Å². The van der Waals surface area contributed by atoms with Crippen molar-refractivity contribution in [2.45, 2.75) is 24.6 Å². The third kappa shape index (κ3) is 3.86. The summed E-state index contributed by atoms with van der Waals surface area (Å²) in [6.07, 6.45) is -2.20. The van der Waals surface area contributed by atoms with E-state index in [0.29, 0.717) is 40.7 Å². The van der Waals surface area contributed by atoms with Crippen LogP contribution in [0.15, 0.2) is 49.1 Å². The maximum Gasteiger partial charge on any atom is 0.419 e. The molecule has 37 heavy (non-hydrogen) atoms. The minimum atomic E-state index is -4.87. The van der Waals surface area contributed by atoms with Crippen molar-refractivity contribution in [2.75, 3.05) is 11.9 Å². The van der Waals surface area contributed by atoms with Gasteiger partial charge in [0.2, 0.25) is 5.88 Å². The van der Waals surface area contributed by atoms with Crippen molar-refractivity contribution in [1.29, 1.82) is 0 Å². The number of benzene rings is 2. The van der Waals surface area contributed by atoms with E-state index >= 15 is 0 Å². The first-order valence-electron chi connectivity index (χ1n) is 11.2. The van der Waals surface area contributed by atoms with Crippen molar-refractivity contribution in [3.8, 4) is 17.4 Å². The van der Waals surface area contributed by atoms with Crippen molar-refractivity contribution in [3.63, 3.8) is 0 Å². The maximum absolute atomic E-state index is 13.5. The molecule has 2 amide bonds. The highest BCUT2D eigenvalue weighted by molar-refractivity contribution is 5.89. The van der Waals surface area contributed by atoms with Crippen LogP contribution in [0.5, 0.6) is 17.4 Å². The number of urea groups is 1. The van der Waals surface area contributed by atoms with Gasteiger partial charge in [0.25, 0.3) is 0 Å². The molecule has 1 aliphatic carbocycles. The molecule has 0 saturated heterocycles. The molecule has 3 unspecified atom stereocenters. The summed E-state index contributed by atoms with van der Waals surface area (Å²) >= 11 is 0. The van der Waals surface area contributed by atoms with Crippen molar-refractivity contribution in [1.82, 2.24) is 25.3 Å². The highest BCUT2D eigenvalue weighted by atomic mass is 19.4. The monoisotopic (exact) mass is 514 g/mol. The second-order valence-corrected chi connectivity index (χ2v) is 9.00. The van der Waals surface area contributed by atoms with E-state index in [-0.39, 0.29) is 24.3 Å². The lowest BCUT2D eigenvalue weighted by atomic mass is 9.95. The number of ether oxygens (including phenoxy) is 2. The van der Waals surface area contributed by atoms with Crippen LogP contribution in [0, 0.1) is 11.7 Å². The molecule has 3 heterocycles. The first kappa shape index (κ1) is 23.0. The van der Waals surface area contributed by atoms with Crippen LogP contribution in [-0.4, -0.2) is 38.6 Å². The van der Waals surface area contributed by atoms with Gasteiger partial charge in [-0.1, -0.05) is 6.92 Å². The molecule has 0 spiro atoms. The van der Waals surface area contributed by atoms with Crippen LogP contribution in [0.4, 0.5) is 28.0 Å². The molecule has 6 rings (SSSR count). The average Bonchev–Trinajstić information content (AvgIpc) is 3.16. The van der Waals surface area contributed by atoms with E-state index in [0.717, 1.165) is 11.6 Å². The second-order valence-electron chi connectivity index (χ2n) is 9.00. The predicted molar refractivity (Wildman–Crippen MR) is 122 cm³/mol. The molecule has 1 aliphatic heterocycles. The van der Waals surface area contributed by atoms with E-state index < -0.39 is 29.0 Å². The van der Waals surface area contributed by atoms with Crippen molar-refractivity contribution in [3.05, 3.63) is 66.0 Å². The third-order valence-corrected chi connectivity index (χ3v) is 6.82. The van der Waals surface area contributed by atoms with Crippen LogP contribution in [-0.2, 0) is 11.6 Å². The minimum Gasteiger partial charge on any atom is -0.489 e. The molecular weight excluding hydrogens is 496 g/mol. The topological polar surface area (TPSA) is 114 Å². The SMILES string of the molecule is CC12c3cc(Oc4ncnc5nc[nH]c45)ccc3OC1C2CNC(=O)Nc1ccc(F)c(C(F)(F)F)c1. The number of carbonyl (C=O) groups is 1. The Hall–Kier alpha value is -4.42. The summed E-state index contributed by atoms with van der Waals surface area (Å²) in [5.74, 6) is 0.0828. The Morgan fingerprint density at radius 2 is 2.03 bits per heavy atom. The number of H-pyrrole nitrogens is 1. The number of hydrogen-bond donors (Lipinski definition) is 3. The fraction of sp³-hybridized carbons (Fsp3) is 0.250. The Morgan fingerprint density at radius 3 is 2.84 bits per heavy atom. The number of aromatic nitrogens is 4. The number of imidazole rings is 1. The summed E-state index contributed by atoms with van der Waals surface area (Å²) in [4.78, 5) is 27.6. The zero-order chi connectivity index (χ0) is 25.9. The largest absolute Gasteiger partial charge is 0.489 e. The minimum absolute atomic E-state index is 0.0710. The van der Waals surface area contributed by atoms with Gasteiger partial charge in [-0.15, -0.1) is 0 Å². The molecule has 9 nitrogen and oxygen atoms in total. The number of nitrogens with zero attached hydrogens (tertiary/aromatic N) is 3. The zero-order valence-corrected chi connectivity index (χ0v) is 19.1. The van der Waals surface area contributed by atoms with Gasteiger partial charge in [-0.3, -0.25) is 0 Å². The number of carbonyl (C=O) groups excluding carboxylic acids is 1. The van der Waals surface area contributed by atoms with Gasteiger partial charge in [0.05, 0.1) is 11.9 Å². The van der Waals surface area contributed by atoms with Gasteiger partial charge >= 0.3 is 12.2 Å². The summed E-state index contributed by atoms with van der Waals surface area (Å²) in [6.45, 7) is 2.22. The summed E-state index contributed by atoms with van der Waals surface area (Å²) in [5, 5.41) is 4.97. The highest BCUT2D eigenvalue weighted by Gasteiger charge is 2.69. The van der Waals surface area contributed by atoms with E-state index in [1.807, 2.05) is 13.0 Å². The quantitative estimate of drug-likeness (QED) is 0.331. The summed E-state index contributed by atoms with van der Waals surface area (Å²) in [7, 11) is 0. The zero-order valence-electron chi connectivity index (χ0n) is 19.1. The van der Waals surface area contributed by atoms with E-state index in [2.05, 4.69) is 30.6 Å². The third-order valence-electron chi connectivity index (χ3n) is 6.82. The number of aromatic amines is 1. The molecule has 3 N–H and O–H groups in total. The fourth-order valence-corrected chi connectivity index (χ4v) is 4.80. The number of nitrogens with one attached hydrogen (secondary N) is 3. The lowest BCUT2D eigenvalue weighted by molar-refractivity contribution is -0.139. The highest BCUT2D eigenvalue weighted by Crippen LogP contribution is 2.63. The lowest BCUT2D eigenvalue weighted by Gasteiger charge is -2.15. The van der Waals surface area contributed by atoms with Gasteiger partial charge in [-0.25, -0.2) is 19.2 Å². The molecule has 2 aliphatic rings. The summed E-state index contributed by atoms with van der Waals surface area (Å²) in [5.41, 5.74) is -0.0723. The summed E-state index contributed by atoms with van der Waals surface area (Å²) in [6, 6.07) is 6.99. The first-order valence-corrected chi connectivity index (χ1v) is 11.2. The number of hydrogen-bond acceptors (Lipinski definition) is 6. The van der Waals surface area contributed by atoms with Crippen LogP contribution in [0.2, 0.25) is 0 Å². The van der Waals surface area contributed by atoms with Crippen LogP contribution >= 0.6 is 0 Å². The van der Waals surface area contributed by atoms with Crippen LogP contribution in [0.3, 0.4) is 0 Å². The number of rotatable bonds is 5. The molecule has 0 bridgehead atoms. The first-order chi connectivity index (χ1) is 17.6. The van der Waals surface area contributed by atoms with E-state index in [1.165, 1.54) is 12.7 Å². The molecule has 2 aromatic carbocycles. The van der Waals surface area contributed by atoms with Gasteiger partial charge in [0, 0.05) is 29.1 Å². The Bertz CT molecular complexity index is 1540. The molecule has 3 atom stereocenters. The Kier molecular flexibility index (Phi) is 5.00. The number of halogens is 4. The van der Waals surface area contributed by atoms with Crippen LogP contribution in [0.25, 0.3) is 11.2 Å². The number of amides is 2. The number of fused-ring (bicyclic) bond motifs is 4. The van der Waals surface area contributed by atoms with Gasteiger partial charge in [-0.2, -0.15) is 18.2 Å². The fourth-order valence-electron chi connectivity index (χ4n) is 4.80. The lowest BCUT2D eigenvalue weighted by Crippen LogP contribution is -2.32. The Balaban J connectivity index is 1.12. The normalized spacial score (nSPS) is 21.6. The van der Waals surface area contributed by atoms with Gasteiger partial charge in [-0.05, 0) is 36.4 Å². The number of alkyl halides is 3. The molecule has 13 heteroatoms. The van der Waals surface area contributed by atoms with Gasteiger partial charge in [0.1, 0.15) is 35.3 Å². The predicted octanol–water partition coefficient (Wildman–Crippen LogP) is 4.77. The smallest absolute Gasteiger partial charge is 0.419 e. The summed E-state index contributed by atoms with van der Waals surface area (Å²) < 4.78 is 64.3. The van der Waals surface area contributed by atoms with Crippen molar-refractivity contribution in [2.24, 2.45) is 5.92 Å². The number of anilines is 1. The molecule has 1 fully saturated rings. The van der Waals surface area contributed by atoms with Crippen LogP contribution in [0.1, 0.15) is 18.1 Å². The molecule has 4 aromatic rings. The molecule has 2 aromatic heterocycles. The molecule has 1 saturated carbocycles. The Labute approximate surface area is 206 Å². The standard InChI is InChI=1S/C24H18F4N6O3/c1-23-14-7-12(36-21-18-20(31-9-30-18)32-10-33-21)3-5-17(14)37-19(23)15(23)8-29-22(35)34-11-2-4-16(25)13(6-11)24(26,27)28/h2-7,9-10,15,19H,8H2,1H3,(H2,29,34,35)(H,30,31,32,33).